The first-order valence-electron chi connectivity index (χ1n) is 9.30. The normalized spacial score (nSPS) is 18.9. The zero-order chi connectivity index (χ0) is 21.4. The van der Waals surface area contributed by atoms with E-state index in [4.69, 9.17) is 16.0 Å². The van der Waals surface area contributed by atoms with Crippen molar-refractivity contribution in [1.29, 1.82) is 0 Å². The number of amides is 4. The number of carbonyl (C=O) groups excluding carboxylic acids is 3. The lowest BCUT2D eigenvalue weighted by molar-refractivity contribution is -0.384. The van der Waals surface area contributed by atoms with E-state index in [0.717, 1.165) is 17.7 Å². The maximum atomic E-state index is 12.8. The van der Waals surface area contributed by atoms with Crippen LogP contribution < -0.4 is 5.32 Å². The third kappa shape index (κ3) is 3.59. The van der Waals surface area contributed by atoms with E-state index in [1.54, 1.807) is 0 Å². The molecule has 1 N–H and O–H groups in total. The van der Waals surface area contributed by atoms with Crippen molar-refractivity contribution in [1.82, 2.24) is 10.2 Å². The molecule has 1 aromatic heterocycles. The number of nitro benzene ring substituents is 1. The minimum atomic E-state index is -0.800. The van der Waals surface area contributed by atoms with Crippen LogP contribution in [0.25, 0.3) is 17.4 Å². The van der Waals surface area contributed by atoms with Gasteiger partial charge in [0.15, 0.2) is 0 Å². The molecule has 1 saturated heterocycles. The largest absolute Gasteiger partial charge is 0.457 e. The third-order valence-corrected chi connectivity index (χ3v) is 5.49. The maximum absolute atomic E-state index is 12.8. The van der Waals surface area contributed by atoms with Gasteiger partial charge in [-0.2, -0.15) is 0 Å². The quantitative estimate of drug-likeness (QED) is 0.340. The van der Waals surface area contributed by atoms with Crippen LogP contribution in [0.3, 0.4) is 0 Å². The molecule has 1 aliphatic heterocycles. The number of urea groups is 1. The van der Waals surface area contributed by atoms with Gasteiger partial charge in [-0.25, -0.2) is 4.79 Å². The van der Waals surface area contributed by atoms with Gasteiger partial charge in [-0.1, -0.05) is 24.4 Å². The van der Waals surface area contributed by atoms with Gasteiger partial charge in [0, 0.05) is 23.7 Å². The second-order valence-corrected chi connectivity index (χ2v) is 7.46. The van der Waals surface area contributed by atoms with Gasteiger partial charge in [-0.3, -0.25) is 29.9 Å². The van der Waals surface area contributed by atoms with E-state index in [0.29, 0.717) is 18.4 Å². The number of carbonyl (C=O) groups is 3. The molecule has 1 aromatic carbocycles. The van der Waals surface area contributed by atoms with Crippen LogP contribution in [0.15, 0.2) is 40.3 Å². The highest BCUT2D eigenvalue weighted by Crippen LogP contribution is 2.33. The van der Waals surface area contributed by atoms with Crippen LogP contribution in [0.4, 0.5) is 10.5 Å². The molecule has 1 saturated carbocycles. The Balaban J connectivity index is 1.65. The topological polar surface area (TPSA) is 123 Å². The van der Waals surface area contributed by atoms with Crippen molar-refractivity contribution >= 4 is 41.2 Å². The van der Waals surface area contributed by atoms with Crippen LogP contribution in [-0.4, -0.2) is 33.7 Å². The van der Waals surface area contributed by atoms with Gasteiger partial charge < -0.3 is 4.42 Å². The number of non-ortho nitro benzene ring substituents is 1. The molecule has 0 bridgehead atoms. The summed E-state index contributed by atoms with van der Waals surface area (Å²) in [6.07, 6.45) is 4.49. The molecule has 0 radical (unpaired) electrons. The van der Waals surface area contributed by atoms with E-state index in [9.17, 15) is 24.5 Å². The number of hydrogen-bond donors (Lipinski definition) is 1. The molecule has 0 spiro atoms. The number of imide groups is 2. The van der Waals surface area contributed by atoms with Crippen molar-refractivity contribution in [2.75, 3.05) is 0 Å². The number of barbiturate groups is 1. The Hall–Kier alpha value is -3.46. The SMILES string of the molecule is O=C1NC(=O)N(C2CCCC2)C(=O)/C1=C\c1ccc(-c2cc([N+](=O)[O-])ccc2Cl)o1. The van der Waals surface area contributed by atoms with Gasteiger partial charge in [-0.15, -0.1) is 0 Å². The number of nitro groups is 1. The minimum absolute atomic E-state index is 0.154. The van der Waals surface area contributed by atoms with Gasteiger partial charge >= 0.3 is 6.03 Å². The molecule has 4 rings (SSSR count). The fourth-order valence-electron chi connectivity index (χ4n) is 3.70. The Bertz CT molecular complexity index is 1100. The number of hydrogen-bond acceptors (Lipinski definition) is 6. The highest BCUT2D eigenvalue weighted by Gasteiger charge is 2.40. The minimum Gasteiger partial charge on any atom is -0.457 e. The second kappa shape index (κ2) is 7.75. The van der Waals surface area contributed by atoms with Gasteiger partial charge in [-0.05, 0) is 37.1 Å². The molecule has 2 aliphatic rings. The Labute approximate surface area is 175 Å². The summed E-state index contributed by atoms with van der Waals surface area (Å²) < 4.78 is 5.65. The fourth-order valence-corrected chi connectivity index (χ4v) is 3.91. The molecule has 10 heteroatoms. The summed E-state index contributed by atoms with van der Waals surface area (Å²) in [6.45, 7) is 0. The van der Waals surface area contributed by atoms with E-state index in [1.165, 1.54) is 36.4 Å². The average Bonchev–Trinajstić information content (AvgIpc) is 3.37. The standard InChI is InChI=1S/C20H16ClN3O6/c21-16-7-5-12(24(28)29)9-14(16)17-8-6-13(30-17)10-15-18(25)22-20(27)23(19(15)26)11-3-1-2-4-11/h5-11H,1-4H2,(H,22,25,27)/b15-10-. The predicted octanol–water partition coefficient (Wildman–Crippen LogP) is 3.91. The van der Waals surface area contributed by atoms with Crippen LogP contribution in [-0.2, 0) is 9.59 Å². The van der Waals surface area contributed by atoms with Gasteiger partial charge in [0.25, 0.3) is 17.5 Å². The second-order valence-electron chi connectivity index (χ2n) is 7.05. The van der Waals surface area contributed by atoms with Gasteiger partial charge in [0.1, 0.15) is 17.1 Å². The highest BCUT2D eigenvalue weighted by molar-refractivity contribution is 6.33. The van der Waals surface area contributed by atoms with Crippen molar-refractivity contribution in [2.24, 2.45) is 0 Å². The third-order valence-electron chi connectivity index (χ3n) is 5.16. The number of nitrogens with one attached hydrogen (secondary N) is 1. The van der Waals surface area contributed by atoms with Crippen molar-refractivity contribution < 1.29 is 23.7 Å². The average molecular weight is 430 g/mol. The first-order chi connectivity index (χ1) is 14.3. The van der Waals surface area contributed by atoms with Crippen LogP contribution in [0, 0.1) is 10.1 Å². The van der Waals surface area contributed by atoms with Crippen LogP contribution >= 0.6 is 11.6 Å². The van der Waals surface area contributed by atoms with E-state index >= 15 is 0 Å². The summed E-state index contributed by atoms with van der Waals surface area (Å²) in [6, 6.07) is 6.03. The summed E-state index contributed by atoms with van der Waals surface area (Å²) >= 11 is 6.13. The fraction of sp³-hybridized carbons (Fsp3) is 0.250. The summed E-state index contributed by atoms with van der Waals surface area (Å²) in [5.74, 6) is -1.05. The van der Waals surface area contributed by atoms with E-state index in [-0.39, 0.29) is 33.8 Å². The lowest BCUT2D eigenvalue weighted by Crippen LogP contribution is -2.57. The van der Waals surface area contributed by atoms with Crippen molar-refractivity contribution in [3.63, 3.8) is 0 Å². The van der Waals surface area contributed by atoms with Gasteiger partial charge in [0.05, 0.1) is 9.95 Å². The smallest absolute Gasteiger partial charge is 0.331 e. The number of nitrogens with zero attached hydrogens (tertiary/aromatic N) is 2. The zero-order valence-corrected chi connectivity index (χ0v) is 16.3. The Morgan fingerprint density at radius 1 is 1.17 bits per heavy atom. The summed E-state index contributed by atoms with van der Waals surface area (Å²) in [7, 11) is 0. The molecule has 30 heavy (non-hydrogen) atoms. The Morgan fingerprint density at radius 2 is 1.90 bits per heavy atom. The first kappa shape index (κ1) is 19.8. The van der Waals surface area contributed by atoms with Crippen LogP contribution in [0.5, 0.6) is 0 Å². The van der Waals surface area contributed by atoms with E-state index < -0.39 is 22.8 Å². The number of benzene rings is 1. The summed E-state index contributed by atoms with van der Waals surface area (Å²) in [5.41, 5.74) is -0.0662. The number of furan rings is 1. The molecule has 4 amide bonds. The molecule has 154 valence electrons. The van der Waals surface area contributed by atoms with Crippen molar-refractivity contribution in [2.45, 2.75) is 31.7 Å². The zero-order valence-electron chi connectivity index (χ0n) is 15.6. The molecule has 2 aromatic rings. The monoisotopic (exact) mass is 429 g/mol. The molecular formula is C20H16ClN3O6. The molecule has 2 fully saturated rings. The van der Waals surface area contributed by atoms with Gasteiger partial charge in [0.2, 0.25) is 0 Å². The first-order valence-corrected chi connectivity index (χ1v) is 9.67. The van der Waals surface area contributed by atoms with E-state index in [2.05, 4.69) is 5.32 Å². The van der Waals surface area contributed by atoms with Crippen LogP contribution in [0.1, 0.15) is 31.4 Å². The molecule has 0 atom stereocenters. The summed E-state index contributed by atoms with van der Waals surface area (Å²) in [4.78, 5) is 48.8. The lowest BCUT2D eigenvalue weighted by Gasteiger charge is -2.30. The molecule has 1 aliphatic carbocycles. The molecule has 9 nitrogen and oxygen atoms in total. The lowest BCUT2D eigenvalue weighted by atomic mass is 10.1. The molecule has 0 unspecified atom stereocenters. The summed E-state index contributed by atoms with van der Waals surface area (Å²) in [5, 5.41) is 13.5. The predicted molar refractivity (Wildman–Crippen MR) is 106 cm³/mol. The number of rotatable bonds is 4. The Kier molecular flexibility index (Phi) is 5.13. The Morgan fingerprint density at radius 3 is 2.60 bits per heavy atom. The molecular weight excluding hydrogens is 414 g/mol. The highest BCUT2D eigenvalue weighted by atomic mass is 35.5. The maximum Gasteiger partial charge on any atom is 0.331 e. The number of halogens is 1. The van der Waals surface area contributed by atoms with E-state index in [1.807, 2.05) is 0 Å². The van der Waals surface area contributed by atoms with Crippen molar-refractivity contribution in [3.05, 3.63) is 56.8 Å². The van der Waals surface area contributed by atoms with Crippen molar-refractivity contribution in [3.8, 4) is 11.3 Å². The molecule has 2 heterocycles. The van der Waals surface area contributed by atoms with Crippen LogP contribution in [0.2, 0.25) is 5.02 Å².